The molecule has 1 unspecified atom stereocenters. The first-order chi connectivity index (χ1) is 13.4. The van der Waals surface area contributed by atoms with Gasteiger partial charge in [0.2, 0.25) is 5.78 Å². The third kappa shape index (κ3) is 3.80. The highest BCUT2D eigenvalue weighted by molar-refractivity contribution is 6.15. The molecule has 7 heteroatoms. The fourth-order valence-electron chi connectivity index (χ4n) is 3.20. The number of carbonyl (C=O) groups excluding carboxylic acids is 2. The topological polar surface area (TPSA) is 89.2 Å². The molecule has 1 atom stereocenters. The zero-order chi connectivity index (χ0) is 20.3. The molecule has 0 aliphatic carbocycles. The molecule has 28 heavy (non-hydrogen) atoms. The number of aliphatic hydroxyl groups is 1. The van der Waals surface area contributed by atoms with E-state index in [-0.39, 0.29) is 30.6 Å². The lowest BCUT2D eigenvalue weighted by molar-refractivity contribution is -0.130. The van der Waals surface area contributed by atoms with Gasteiger partial charge in [0.1, 0.15) is 5.75 Å². The van der Waals surface area contributed by atoms with Gasteiger partial charge in [-0.1, -0.05) is 12.1 Å². The van der Waals surface area contributed by atoms with Crippen LogP contribution in [0, 0.1) is 0 Å². The van der Waals surface area contributed by atoms with Crippen molar-refractivity contribution < 1.29 is 28.6 Å². The standard InChI is InChI=1S/C21H23NO6/c1-13(2)27-11-9-22-18(14-6-4-7-15(12-14)26-3)17(20(24)21(22)25)19(23)16-8-5-10-28-16/h4-8,10,12-13,18,24H,9,11H2,1-3H3. The van der Waals surface area contributed by atoms with E-state index in [2.05, 4.69) is 0 Å². The number of amides is 1. The van der Waals surface area contributed by atoms with Crippen LogP contribution in [0.5, 0.6) is 5.75 Å². The number of hydrogen-bond donors (Lipinski definition) is 1. The molecule has 1 N–H and O–H groups in total. The molecule has 0 bridgehead atoms. The first kappa shape index (κ1) is 19.7. The number of ketones is 1. The molecule has 1 amide bonds. The Morgan fingerprint density at radius 1 is 1.29 bits per heavy atom. The van der Waals surface area contributed by atoms with Gasteiger partial charge in [-0.15, -0.1) is 0 Å². The molecule has 2 aromatic rings. The lowest BCUT2D eigenvalue weighted by Crippen LogP contribution is -2.34. The van der Waals surface area contributed by atoms with Crippen LogP contribution in [-0.4, -0.2) is 48.1 Å². The van der Waals surface area contributed by atoms with Gasteiger partial charge in [0, 0.05) is 6.54 Å². The van der Waals surface area contributed by atoms with E-state index in [1.54, 1.807) is 30.3 Å². The first-order valence-electron chi connectivity index (χ1n) is 9.02. The molecule has 0 saturated heterocycles. The van der Waals surface area contributed by atoms with E-state index < -0.39 is 23.5 Å². The van der Waals surface area contributed by atoms with E-state index >= 15 is 0 Å². The van der Waals surface area contributed by atoms with Gasteiger partial charge in [-0.2, -0.15) is 0 Å². The number of Topliss-reactive ketones (excluding diaryl/α,β-unsaturated/α-hetero) is 1. The molecule has 148 valence electrons. The quantitative estimate of drug-likeness (QED) is 0.702. The average Bonchev–Trinajstić information content (AvgIpc) is 3.30. The van der Waals surface area contributed by atoms with Crippen LogP contribution in [0.1, 0.15) is 36.0 Å². The van der Waals surface area contributed by atoms with E-state index in [1.807, 2.05) is 13.8 Å². The van der Waals surface area contributed by atoms with Gasteiger partial charge in [-0.05, 0) is 43.7 Å². The van der Waals surface area contributed by atoms with Gasteiger partial charge in [0.15, 0.2) is 11.5 Å². The van der Waals surface area contributed by atoms with Crippen molar-refractivity contribution in [1.29, 1.82) is 0 Å². The molecule has 3 rings (SSSR count). The van der Waals surface area contributed by atoms with Crippen LogP contribution in [0.2, 0.25) is 0 Å². The van der Waals surface area contributed by atoms with Gasteiger partial charge in [0.25, 0.3) is 5.91 Å². The Morgan fingerprint density at radius 2 is 2.07 bits per heavy atom. The van der Waals surface area contributed by atoms with E-state index in [0.29, 0.717) is 11.3 Å². The summed E-state index contributed by atoms with van der Waals surface area (Å²) in [6.07, 6.45) is 1.37. The van der Waals surface area contributed by atoms with Crippen molar-refractivity contribution >= 4 is 11.7 Å². The molecular weight excluding hydrogens is 362 g/mol. The van der Waals surface area contributed by atoms with Crippen molar-refractivity contribution in [2.45, 2.75) is 26.0 Å². The van der Waals surface area contributed by atoms with Crippen LogP contribution in [-0.2, 0) is 9.53 Å². The summed E-state index contributed by atoms with van der Waals surface area (Å²) in [5, 5.41) is 10.5. The highest BCUT2D eigenvalue weighted by Crippen LogP contribution is 2.39. The van der Waals surface area contributed by atoms with Crippen molar-refractivity contribution in [1.82, 2.24) is 4.90 Å². The number of ether oxygens (including phenoxy) is 2. The smallest absolute Gasteiger partial charge is 0.290 e. The molecular formula is C21H23NO6. The summed E-state index contributed by atoms with van der Waals surface area (Å²) < 4.78 is 16.0. The highest BCUT2D eigenvalue weighted by atomic mass is 16.5. The fourth-order valence-corrected chi connectivity index (χ4v) is 3.20. The maximum Gasteiger partial charge on any atom is 0.290 e. The number of nitrogens with zero attached hydrogens (tertiary/aromatic N) is 1. The summed E-state index contributed by atoms with van der Waals surface area (Å²) >= 11 is 0. The van der Waals surface area contributed by atoms with E-state index in [0.717, 1.165) is 0 Å². The third-order valence-electron chi connectivity index (χ3n) is 4.49. The SMILES string of the molecule is COc1cccc(C2C(C(=O)c3ccco3)=C(O)C(=O)N2CCOC(C)C)c1. The van der Waals surface area contributed by atoms with Crippen molar-refractivity contribution in [3.05, 3.63) is 65.3 Å². The molecule has 1 aliphatic rings. The zero-order valence-electron chi connectivity index (χ0n) is 16.0. The Bertz CT molecular complexity index is 884. The second-order valence-corrected chi connectivity index (χ2v) is 6.67. The number of carbonyl (C=O) groups is 2. The Kier molecular flexibility index (Phi) is 5.84. The molecule has 1 aromatic carbocycles. The molecule has 0 fully saturated rings. The van der Waals surface area contributed by atoms with Gasteiger partial charge in [-0.25, -0.2) is 0 Å². The van der Waals surface area contributed by atoms with E-state index in [1.165, 1.54) is 24.3 Å². The Balaban J connectivity index is 2.02. The van der Waals surface area contributed by atoms with Gasteiger partial charge in [-0.3, -0.25) is 9.59 Å². The molecule has 2 heterocycles. The highest BCUT2D eigenvalue weighted by Gasteiger charge is 2.44. The van der Waals surface area contributed by atoms with Crippen LogP contribution in [0.3, 0.4) is 0 Å². The normalized spacial score (nSPS) is 16.9. The number of rotatable bonds is 8. The van der Waals surface area contributed by atoms with Gasteiger partial charge in [0.05, 0.1) is 37.7 Å². The van der Waals surface area contributed by atoms with Crippen LogP contribution in [0.4, 0.5) is 0 Å². The van der Waals surface area contributed by atoms with Crippen LogP contribution in [0.15, 0.2) is 58.4 Å². The number of aliphatic hydroxyl groups excluding tert-OH is 1. The van der Waals surface area contributed by atoms with E-state index in [9.17, 15) is 14.7 Å². The second kappa shape index (κ2) is 8.31. The minimum absolute atomic E-state index is 0.00116. The summed E-state index contributed by atoms with van der Waals surface area (Å²) in [4.78, 5) is 27.2. The number of hydrogen-bond acceptors (Lipinski definition) is 6. The first-order valence-corrected chi connectivity index (χ1v) is 9.02. The minimum Gasteiger partial charge on any atom is -0.503 e. The summed E-state index contributed by atoms with van der Waals surface area (Å²) in [6.45, 7) is 4.29. The number of furan rings is 1. The largest absolute Gasteiger partial charge is 0.503 e. The Morgan fingerprint density at radius 3 is 2.71 bits per heavy atom. The molecule has 0 radical (unpaired) electrons. The third-order valence-corrected chi connectivity index (χ3v) is 4.49. The van der Waals surface area contributed by atoms with Crippen LogP contribution >= 0.6 is 0 Å². The second-order valence-electron chi connectivity index (χ2n) is 6.67. The summed E-state index contributed by atoms with van der Waals surface area (Å²) in [7, 11) is 1.54. The fraction of sp³-hybridized carbons (Fsp3) is 0.333. The lowest BCUT2D eigenvalue weighted by atomic mass is 9.95. The van der Waals surface area contributed by atoms with Gasteiger partial charge < -0.3 is 23.9 Å². The van der Waals surface area contributed by atoms with Crippen LogP contribution in [0.25, 0.3) is 0 Å². The zero-order valence-corrected chi connectivity index (χ0v) is 16.0. The lowest BCUT2D eigenvalue weighted by Gasteiger charge is -2.27. The van der Waals surface area contributed by atoms with Gasteiger partial charge >= 0.3 is 0 Å². The molecule has 0 spiro atoms. The predicted octanol–water partition coefficient (Wildman–Crippen LogP) is 3.29. The van der Waals surface area contributed by atoms with E-state index in [4.69, 9.17) is 13.9 Å². The number of benzene rings is 1. The van der Waals surface area contributed by atoms with Crippen LogP contribution < -0.4 is 4.74 Å². The molecule has 7 nitrogen and oxygen atoms in total. The summed E-state index contributed by atoms with van der Waals surface area (Å²) in [5.74, 6) is -1.08. The molecule has 0 saturated carbocycles. The predicted molar refractivity (Wildman–Crippen MR) is 101 cm³/mol. The molecule has 1 aliphatic heterocycles. The summed E-state index contributed by atoms with van der Waals surface area (Å²) in [6, 6.07) is 9.37. The Labute approximate surface area is 163 Å². The summed E-state index contributed by atoms with van der Waals surface area (Å²) in [5.41, 5.74) is 0.633. The van der Waals surface area contributed by atoms with Crippen molar-refractivity contribution in [2.75, 3.05) is 20.3 Å². The number of methoxy groups -OCH3 is 1. The minimum atomic E-state index is -0.768. The van der Waals surface area contributed by atoms with Crippen molar-refractivity contribution in [3.63, 3.8) is 0 Å². The monoisotopic (exact) mass is 385 g/mol. The maximum atomic E-state index is 13.0. The Hall–Kier alpha value is -3.06. The molecule has 1 aromatic heterocycles. The maximum absolute atomic E-state index is 13.0. The van der Waals surface area contributed by atoms with Crippen molar-refractivity contribution in [2.24, 2.45) is 0 Å². The van der Waals surface area contributed by atoms with Crippen molar-refractivity contribution in [3.8, 4) is 5.75 Å². The average molecular weight is 385 g/mol.